The minimum atomic E-state index is -0.840. The predicted molar refractivity (Wildman–Crippen MR) is 127 cm³/mol. The summed E-state index contributed by atoms with van der Waals surface area (Å²) < 4.78 is 5.29. The van der Waals surface area contributed by atoms with Gasteiger partial charge < -0.3 is 20.3 Å². The number of carbonyl (C=O) groups excluding carboxylic acids is 3. The van der Waals surface area contributed by atoms with Gasteiger partial charge in [-0.15, -0.1) is 0 Å². The number of aryl methyl sites for hydroxylation is 2. The summed E-state index contributed by atoms with van der Waals surface area (Å²) in [6.45, 7) is 15.8. The van der Waals surface area contributed by atoms with Gasteiger partial charge in [-0.2, -0.15) is 0 Å². The molecule has 1 aromatic carbocycles. The Hall–Kier alpha value is -2.57. The van der Waals surface area contributed by atoms with E-state index in [1.165, 1.54) is 0 Å². The number of hydrogen-bond donors (Lipinski definition) is 2. The molecule has 1 aromatic rings. The topological polar surface area (TPSA) is 87.7 Å². The first-order valence-electron chi connectivity index (χ1n) is 11.6. The molecule has 0 saturated carbocycles. The average Bonchev–Trinajstić information content (AvgIpc) is 2.67. The van der Waals surface area contributed by atoms with E-state index in [2.05, 4.69) is 17.6 Å². The van der Waals surface area contributed by atoms with Gasteiger partial charge >= 0.3 is 6.09 Å². The van der Waals surface area contributed by atoms with E-state index in [1.807, 2.05) is 39.0 Å². The number of unbranched alkanes of at least 4 members (excludes halogenated alkanes) is 1. The smallest absolute Gasteiger partial charge is 0.408 e. The van der Waals surface area contributed by atoms with E-state index in [0.717, 1.165) is 29.5 Å². The van der Waals surface area contributed by atoms with E-state index >= 15 is 0 Å². The molecular weight excluding hydrogens is 406 g/mol. The molecule has 2 atom stereocenters. The number of nitrogens with one attached hydrogen (secondary N) is 2. The van der Waals surface area contributed by atoms with Crippen LogP contribution in [0.5, 0.6) is 0 Å². The van der Waals surface area contributed by atoms with Gasteiger partial charge in [-0.3, -0.25) is 9.59 Å². The maximum absolute atomic E-state index is 13.4. The van der Waals surface area contributed by atoms with Crippen LogP contribution < -0.4 is 10.6 Å². The molecule has 0 aromatic heterocycles. The van der Waals surface area contributed by atoms with Crippen molar-refractivity contribution < 1.29 is 19.1 Å². The Balaban J connectivity index is 3.26. The van der Waals surface area contributed by atoms with Gasteiger partial charge in [0, 0.05) is 13.1 Å². The van der Waals surface area contributed by atoms with Gasteiger partial charge in [-0.1, -0.05) is 44.0 Å². The molecule has 0 bridgehead atoms. The zero-order chi connectivity index (χ0) is 24.5. The predicted octanol–water partition coefficient (Wildman–Crippen LogP) is 4.41. The second-order valence-electron chi connectivity index (χ2n) is 9.31. The number of carbonyl (C=O) groups is 3. The molecule has 0 fully saturated rings. The lowest BCUT2D eigenvalue weighted by atomic mass is 9.96. The maximum atomic E-state index is 13.4. The van der Waals surface area contributed by atoms with Crippen molar-refractivity contribution in [1.82, 2.24) is 15.5 Å². The third-order valence-corrected chi connectivity index (χ3v) is 4.96. The second-order valence-corrected chi connectivity index (χ2v) is 9.31. The summed E-state index contributed by atoms with van der Waals surface area (Å²) >= 11 is 0. The summed E-state index contributed by atoms with van der Waals surface area (Å²) in [4.78, 5) is 40.5. The Morgan fingerprint density at radius 2 is 1.75 bits per heavy atom. The van der Waals surface area contributed by atoms with Crippen molar-refractivity contribution in [3.8, 4) is 0 Å². The summed E-state index contributed by atoms with van der Waals surface area (Å²) in [7, 11) is 0. The molecule has 0 aliphatic carbocycles. The van der Waals surface area contributed by atoms with Gasteiger partial charge in [-0.25, -0.2) is 4.79 Å². The van der Waals surface area contributed by atoms with Gasteiger partial charge in [0.2, 0.25) is 11.8 Å². The summed E-state index contributed by atoms with van der Waals surface area (Å²) in [5, 5.41) is 5.60. The van der Waals surface area contributed by atoms with Crippen LogP contribution in [0.25, 0.3) is 0 Å². The number of ether oxygens (including phenoxy) is 1. The minimum Gasteiger partial charge on any atom is -0.444 e. The van der Waals surface area contributed by atoms with Crippen molar-refractivity contribution in [2.45, 2.75) is 92.3 Å². The zero-order valence-corrected chi connectivity index (χ0v) is 21.0. The van der Waals surface area contributed by atoms with Crippen LogP contribution in [-0.2, 0) is 14.3 Å². The molecule has 0 heterocycles. The van der Waals surface area contributed by atoms with Crippen LogP contribution in [0.4, 0.5) is 4.79 Å². The fourth-order valence-corrected chi connectivity index (χ4v) is 3.47. The third kappa shape index (κ3) is 8.52. The van der Waals surface area contributed by atoms with Crippen LogP contribution >= 0.6 is 0 Å². The molecule has 2 unspecified atom stereocenters. The zero-order valence-electron chi connectivity index (χ0n) is 21.0. The lowest BCUT2D eigenvalue weighted by molar-refractivity contribution is -0.142. The standard InChI is InChI=1S/C25H41N3O4/c1-9-11-14-26-22(29)21(20-13-12-17(3)16-18(20)4)28(15-10-2)23(30)19(5)27-24(31)32-25(6,7)8/h12-13,16,19,21H,9-11,14-15H2,1-8H3,(H,26,29)(H,27,31). The Kier molecular flexibility index (Phi) is 10.7. The molecule has 1 rings (SSSR count). The van der Waals surface area contributed by atoms with Crippen molar-refractivity contribution in [2.75, 3.05) is 13.1 Å². The molecule has 0 radical (unpaired) electrons. The summed E-state index contributed by atoms with van der Waals surface area (Å²) in [5.41, 5.74) is 2.15. The summed E-state index contributed by atoms with van der Waals surface area (Å²) in [6, 6.07) is 4.26. The quantitative estimate of drug-likeness (QED) is 0.520. The molecule has 2 N–H and O–H groups in total. The van der Waals surface area contributed by atoms with Crippen LogP contribution in [-0.4, -0.2) is 47.5 Å². The first-order valence-corrected chi connectivity index (χ1v) is 11.6. The number of amides is 3. The van der Waals surface area contributed by atoms with Crippen molar-refractivity contribution in [1.29, 1.82) is 0 Å². The molecule has 0 aliphatic heterocycles. The van der Waals surface area contributed by atoms with E-state index in [0.29, 0.717) is 19.5 Å². The molecule has 0 aliphatic rings. The first kappa shape index (κ1) is 27.5. The van der Waals surface area contributed by atoms with Crippen molar-refractivity contribution in [2.24, 2.45) is 0 Å². The Labute approximate surface area is 193 Å². The van der Waals surface area contributed by atoms with E-state index in [-0.39, 0.29) is 11.8 Å². The van der Waals surface area contributed by atoms with Crippen molar-refractivity contribution in [3.63, 3.8) is 0 Å². The monoisotopic (exact) mass is 447 g/mol. The number of nitrogens with zero attached hydrogens (tertiary/aromatic N) is 1. The van der Waals surface area contributed by atoms with E-state index in [9.17, 15) is 14.4 Å². The highest BCUT2D eigenvalue weighted by atomic mass is 16.6. The molecule has 180 valence electrons. The fourth-order valence-electron chi connectivity index (χ4n) is 3.47. The minimum absolute atomic E-state index is 0.211. The number of benzene rings is 1. The van der Waals surface area contributed by atoms with Crippen LogP contribution in [0.15, 0.2) is 18.2 Å². The molecule has 3 amide bonds. The van der Waals surface area contributed by atoms with Crippen molar-refractivity contribution >= 4 is 17.9 Å². The molecule has 0 spiro atoms. The number of alkyl carbamates (subject to hydrolysis) is 1. The van der Waals surface area contributed by atoms with Gasteiger partial charge in [0.1, 0.15) is 17.7 Å². The lowest BCUT2D eigenvalue weighted by Gasteiger charge is -2.34. The highest BCUT2D eigenvalue weighted by Crippen LogP contribution is 2.26. The highest BCUT2D eigenvalue weighted by molar-refractivity contribution is 5.92. The molecular formula is C25H41N3O4. The summed E-state index contributed by atoms with van der Waals surface area (Å²) in [5.74, 6) is -0.537. The van der Waals surface area contributed by atoms with Gasteiger partial charge in [0.05, 0.1) is 0 Å². The summed E-state index contributed by atoms with van der Waals surface area (Å²) in [6.07, 6.45) is 1.84. The number of rotatable bonds is 10. The Bertz CT molecular complexity index is 786. The van der Waals surface area contributed by atoms with Gasteiger partial charge in [-0.05, 0) is 65.5 Å². The molecule has 7 heteroatoms. The molecule has 7 nitrogen and oxygen atoms in total. The lowest BCUT2D eigenvalue weighted by Crippen LogP contribution is -2.52. The van der Waals surface area contributed by atoms with E-state index < -0.39 is 23.8 Å². The van der Waals surface area contributed by atoms with E-state index in [4.69, 9.17) is 4.74 Å². The maximum Gasteiger partial charge on any atom is 0.408 e. The molecule has 32 heavy (non-hydrogen) atoms. The highest BCUT2D eigenvalue weighted by Gasteiger charge is 2.34. The van der Waals surface area contributed by atoms with Crippen LogP contribution in [0.1, 0.15) is 83.5 Å². The largest absolute Gasteiger partial charge is 0.444 e. The Morgan fingerprint density at radius 1 is 1.09 bits per heavy atom. The first-order chi connectivity index (χ1) is 14.9. The average molecular weight is 448 g/mol. The fraction of sp³-hybridized carbons (Fsp3) is 0.640. The third-order valence-electron chi connectivity index (χ3n) is 4.96. The van der Waals surface area contributed by atoms with E-state index in [1.54, 1.807) is 32.6 Å². The number of hydrogen-bond acceptors (Lipinski definition) is 4. The van der Waals surface area contributed by atoms with Crippen molar-refractivity contribution in [3.05, 3.63) is 34.9 Å². The Morgan fingerprint density at radius 3 is 2.28 bits per heavy atom. The SMILES string of the molecule is CCCCNC(=O)C(c1ccc(C)cc1C)N(CCC)C(=O)C(C)NC(=O)OC(C)(C)C. The van der Waals surface area contributed by atoms with Crippen LogP contribution in [0.2, 0.25) is 0 Å². The van der Waals surface area contributed by atoms with Crippen LogP contribution in [0.3, 0.4) is 0 Å². The van der Waals surface area contributed by atoms with Gasteiger partial charge in [0.25, 0.3) is 0 Å². The molecule has 0 saturated heterocycles. The van der Waals surface area contributed by atoms with Crippen LogP contribution in [0, 0.1) is 13.8 Å². The second kappa shape index (κ2) is 12.5. The normalized spacial score (nSPS) is 13.1. The van der Waals surface area contributed by atoms with Gasteiger partial charge in [0.15, 0.2) is 0 Å².